The van der Waals surface area contributed by atoms with Gasteiger partial charge in [-0.25, -0.2) is 0 Å². The van der Waals surface area contributed by atoms with Crippen LogP contribution in [0.25, 0.3) is 0 Å². The second-order valence-electron chi connectivity index (χ2n) is 4.23. The summed E-state index contributed by atoms with van der Waals surface area (Å²) < 4.78 is 10.6. The quantitative estimate of drug-likeness (QED) is 0.664. The first-order chi connectivity index (χ1) is 6.71. The molecule has 0 spiro atoms. The van der Waals surface area contributed by atoms with Gasteiger partial charge in [-0.05, 0) is 25.7 Å². The molecule has 0 aromatic rings. The second kappa shape index (κ2) is 3.51. The Hall–Kier alpha value is -0.610. The van der Waals surface area contributed by atoms with E-state index >= 15 is 0 Å². The number of esters is 1. The molecule has 2 bridgehead atoms. The fourth-order valence-corrected chi connectivity index (χ4v) is 2.44. The standard InChI is InChI=1S/C10H17NO3/c1-2-13-9(12)8-5-14-10(6-11)3-7(8)4-10/h7-8H,2-6,11H2,1H3. The zero-order chi connectivity index (χ0) is 10.2. The Morgan fingerprint density at radius 1 is 1.64 bits per heavy atom. The summed E-state index contributed by atoms with van der Waals surface area (Å²) in [6, 6.07) is 0. The van der Waals surface area contributed by atoms with Crippen LogP contribution in [0.15, 0.2) is 0 Å². The van der Waals surface area contributed by atoms with Crippen LogP contribution in [0.1, 0.15) is 19.8 Å². The van der Waals surface area contributed by atoms with E-state index in [0.29, 0.717) is 25.7 Å². The van der Waals surface area contributed by atoms with E-state index in [-0.39, 0.29) is 17.5 Å². The number of hydrogen-bond acceptors (Lipinski definition) is 4. The van der Waals surface area contributed by atoms with Crippen LogP contribution in [0.5, 0.6) is 0 Å². The Morgan fingerprint density at radius 2 is 2.36 bits per heavy atom. The molecule has 3 aliphatic rings. The van der Waals surface area contributed by atoms with E-state index < -0.39 is 0 Å². The highest BCUT2D eigenvalue weighted by Gasteiger charge is 2.54. The molecule has 2 heterocycles. The summed E-state index contributed by atoms with van der Waals surface area (Å²) in [5.74, 6) is 0.276. The van der Waals surface area contributed by atoms with Crippen molar-refractivity contribution in [3.8, 4) is 0 Å². The van der Waals surface area contributed by atoms with Crippen molar-refractivity contribution in [3.05, 3.63) is 0 Å². The molecule has 1 saturated carbocycles. The van der Waals surface area contributed by atoms with Gasteiger partial charge in [0.05, 0.1) is 24.7 Å². The van der Waals surface area contributed by atoms with E-state index in [9.17, 15) is 4.79 Å². The fraction of sp³-hybridized carbons (Fsp3) is 0.900. The van der Waals surface area contributed by atoms with Gasteiger partial charge in [-0.15, -0.1) is 0 Å². The second-order valence-corrected chi connectivity index (χ2v) is 4.23. The first-order valence-electron chi connectivity index (χ1n) is 5.21. The van der Waals surface area contributed by atoms with Gasteiger partial charge in [0.1, 0.15) is 0 Å². The normalized spacial score (nSPS) is 40.1. The summed E-state index contributed by atoms with van der Waals surface area (Å²) in [7, 11) is 0. The number of carbonyl (C=O) groups is 1. The van der Waals surface area contributed by atoms with E-state index in [1.165, 1.54) is 0 Å². The van der Waals surface area contributed by atoms with Crippen LogP contribution in [-0.4, -0.2) is 31.3 Å². The molecule has 2 N–H and O–H groups in total. The van der Waals surface area contributed by atoms with E-state index in [1.807, 2.05) is 6.92 Å². The van der Waals surface area contributed by atoms with Crippen molar-refractivity contribution < 1.29 is 14.3 Å². The summed E-state index contributed by atoms with van der Waals surface area (Å²) in [4.78, 5) is 11.5. The molecule has 4 heteroatoms. The number of hydrogen-bond donors (Lipinski definition) is 1. The van der Waals surface area contributed by atoms with Crippen molar-refractivity contribution in [2.45, 2.75) is 25.4 Å². The molecule has 2 aliphatic heterocycles. The first-order valence-corrected chi connectivity index (χ1v) is 5.21. The highest BCUT2D eigenvalue weighted by molar-refractivity contribution is 5.73. The number of carbonyl (C=O) groups excluding carboxylic acids is 1. The monoisotopic (exact) mass is 199 g/mol. The molecular weight excluding hydrogens is 182 g/mol. The number of ether oxygens (including phenoxy) is 2. The van der Waals surface area contributed by atoms with Crippen molar-refractivity contribution in [1.82, 2.24) is 0 Å². The molecule has 1 aliphatic carbocycles. The summed E-state index contributed by atoms with van der Waals surface area (Å²) in [6.45, 7) is 3.33. The summed E-state index contributed by atoms with van der Waals surface area (Å²) in [6.07, 6.45) is 1.85. The Bertz CT molecular complexity index is 230. The fourth-order valence-electron chi connectivity index (χ4n) is 2.44. The smallest absolute Gasteiger partial charge is 0.311 e. The maximum atomic E-state index is 11.5. The van der Waals surface area contributed by atoms with Gasteiger partial charge in [0.25, 0.3) is 0 Å². The lowest BCUT2D eigenvalue weighted by molar-refractivity contribution is -0.211. The first kappa shape index (κ1) is 9.93. The lowest BCUT2D eigenvalue weighted by atomic mass is 9.63. The SMILES string of the molecule is CCOC(=O)C1COC2(CN)CC1C2. The van der Waals surface area contributed by atoms with E-state index in [0.717, 1.165) is 12.8 Å². The minimum absolute atomic E-state index is 0.0524. The lowest BCUT2D eigenvalue weighted by Gasteiger charge is -2.54. The number of rotatable bonds is 3. The van der Waals surface area contributed by atoms with E-state index in [4.69, 9.17) is 15.2 Å². The molecule has 3 fully saturated rings. The van der Waals surface area contributed by atoms with Crippen molar-refractivity contribution >= 4 is 5.97 Å². The van der Waals surface area contributed by atoms with Crippen LogP contribution in [0.2, 0.25) is 0 Å². The minimum atomic E-state index is -0.108. The molecule has 0 aromatic carbocycles. The average molecular weight is 199 g/mol. The maximum Gasteiger partial charge on any atom is 0.311 e. The van der Waals surface area contributed by atoms with Crippen molar-refractivity contribution in [2.24, 2.45) is 17.6 Å². The highest BCUT2D eigenvalue weighted by Crippen LogP contribution is 2.49. The molecule has 1 unspecified atom stereocenters. The molecule has 0 aromatic heterocycles. The highest BCUT2D eigenvalue weighted by atomic mass is 16.5. The van der Waals surface area contributed by atoms with Gasteiger partial charge in [-0.2, -0.15) is 0 Å². The number of fused-ring (bicyclic) bond motifs is 2. The lowest BCUT2D eigenvalue weighted by Crippen LogP contribution is -2.60. The van der Waals surface area contributed by atoms with Gasteiger partial charge in [0.15, 0.2) is 0 Å². The van der Waals surface area contributed by atoms with E-state index in [1.54, 1.807) is 0 Å². The Labute approximate surface area is 83.7 Å². The largest absolute Gasteiger partial charge is 0.466 e. The molecule has 14 heavy (non-hydrogen) atoms. The Kier molecular flexibility index (Phi) is 2.49. The van der Waals surface area contributed by atoms with Crippen molar-refractivity contribution in [2.75, 3.05) is 19.8 Å². The molecule has 1 atom stereocenters. The maximum absolute atomic E-state index is 11.5. The minimum Gasteiger partial charge on any atom is -0.466 e. The van der Waals surface area contributed by atoms with E-state index in [2.05, 4.69) is 0 Å². The van der Waals surface area contributed by atoms with Gasteiger partial charge >= 0.3 is 5.97 Å². The van der Waals surface area contributed by atoms with Crippen LogP contribution < -0.4 is 5.73 Å². The summed E-state index contributed by atoms with van der Waals surface area (Å²) in [5.41, 5.74) is 5.51. The topological polar surface area (TPSA) is 61.5 Å². The molecule has 3 rings (SSSR count). The van der Waals surface area contributed by atoms with Crippen LogP contribution in [-0.2, 0) is 14.3 Å². The molecule has 2 saturated heterocycles. The summed E-state index contributed by atoms with van der Waals surface area (Å²) >= 11 is 0. The predicted molar refractivity (Wildman–Crippen MR) is 50.6 cm³/mol. The van der Waals surface area contributed by atoms with Gasteiger partial charge in [0.2, 0.25) is 0 Å². The third-order valence-electron chi connectivity index (χ3n) is 3.37. The van der Waals surface area contributed by atoms with Gasteiger partial charge in [0, 0.05) is 6.54 Å². The zero-order valence-electron chi connectivity index (χ0n) is 8.49. The predicted octanol–water partition coefficient (Wildman–Crippen LogP) is 0.303. The third kappa shape index (κ3) is 1.42. The Morgan fingerprint density at radius 3 is 2.79 bits per heavy atom. The molecular formula is C10H17NO3. The van der Waals surface area contributed by atoms with Gasteiger partial charge < -0.3 is 15.2 Å². The van der Waals surface area contributed by atoms with Crippen LogP contribution >= 0.6 is 0 Å². The molecule has 0 radical (unpaired) electrons. The number of nitrogens with two attached hydrogens (primary N) is 1. The molecule has 80 valence electrons. The Balaban J connectivity index is 1.91. The van der Waals surface area contributed by atoms with Crippen LogP contribution in [0, 0.1) is 11.8 Å². The van der Waals surface area contributed by atoms with Gasteiger partial charge in [-0.1, -0.05) is 0 Å². The molecule has 0 amide bonds. The van der Waals surface area contributed by atoms with Crippen molar-refractivity contribution in [3.63, 3.8) is 0 Å². The van der Waals surface area contributed by atoms with Gasteiger partial charge in [-0.3, -0.25) is 4.79 Å². The summed E-state index contributed by atoms with van der Waals surface area (Å²) in [5, 5.41) is 0. The average Bonchev–Trinajstić information content (AvgIpc) is 2.16. The molecule has 4 nitrogen and oxygen atoms in total. The third-order valence-corrected chi connectivity index (χ3v) is 3.37. The van der Waals surface area contributed by atoms with Crippen molar-refractivity contribution in [1.29, 1.82) is 0 Å². The zero-order valence-corrected chi connectivity index (χ0v) is 8.49. The van der Waals surface area contributed by atoms with Crippen LogP contribution in [0.3, 0.4) is 0 Å². The van der Waals surface area contributed by atoms with Crippen LogP contribution in [0.4, 0.5) is 0 Å².